The van der Waals surface area contributed by atoms with Crippen LogP contribution in [0.15, 0.2) is 64.2 Å². The molecule has 0 saturated carbocycles. The summed E-state index contributed by atoms with van der Waals surface area (Å²) in [6, 6.07) is 16.8. The van der Waals surface area contributed by atoms with Crippen molar-refractivity contribution in [2.24, 2.45) is 0 Å². The third-order valence-electron chi connectivity index (χ3n) is 3.61. The Labute approximate surface area is 150 Å². The molecule has 1 heterocycles. The summed E-state index contributed by atoms with van der Waals surface area (Å²) >= 11 is 1.45. The fourth-order valence-corrected chi connectivity index (χ4v) is 3.06. The van der Waals surface area contributed by atoms with E-state index in [1.165, 1.54) is 11.8 Å². The van der Waals surface area contributed by atoms with E-state index in [1.54, 1.807) is 7.11 Å². The molecule has 0 saturated heterocycles. The molecule has 0 aliphatic rings. The van der Waals surface area contributed by atoms with Gasteiger partial charge in [-0.2, -0.15) is 0 Å². The first-order valence-corrected chi connectivity index (χ1v) is 8.94. The maximum atomic E-state index is 12.0. The molecule has 1 aromatic heterocycles. The fourth-order valence-electron chi connectivity index (χ4n) is 2.36. The second-order valence-electron chi connectivity index (χ2n) is 5.31. The Balaban J connectivity index is 1.52. The molecule has 0 atom stereocenters. The van der Waals surface area contributed by atoms with Gasteiger partial charge in [0.25, 0.3) is 11.1 Å². The van der Waals surface area contributed by atoms with Crippen molar-refractivity contribution in [1.29, 1.82) is 0 Å². The lowest BCUT2D eigenvalue weighted by Crippen LogP contribution is -1.99. The molecule has 25 heavy (non-hydrogen) atoms. The third-order valence-corrected chi connectivity index (χ3v) is 4.52. The largest absolute Gasteiger partial charge is 0.496 e. The van der Waals surface area contributed by atoms with Gasteiger partial charge in [-0.05, 0) is 18.6 Å². The number of nitrogens with zero attached hydrogens (tertiary/aromatic N) is 2. The number of hydrogen-bond acceptors (Lipinski definition) is 6. The zero-order valence-electron chi connectivity index (χ0n) is 13.8. The number of para-hydroxylation sites is 1. The van der Waals surface area contributed by atoms with Crippen LogP contribution >= 0.6 is 11.8 Å². The molecule has 0 N–H and O–H groups in total. The summed E-state index contributed by atoms with van der Waals surface area (Å²) in [7, 11) is 1.61. The second kappa shape index (κ2) is 8.48. The number of ether oxygens (including phenoxy) is 1. The second-order valence-corrected chi connectivity index (χ2v) is 6.36. The Morgan fingerprint density at radius 2 is 1.84 bits per heavy atom. The Morgan fingerprint density at radius 1 is 1.08 bits per heavy atom. The molecule has 0 aliphatic heterocycles. The van der Waals surface area contributed by atoms with Crippen molar-refractivity contribution in [3.63, 3.8) is 0 Å². The van der Waals surface area contributed by atoms with Gasteiger partial charge in [0.1, 0.15) is 5.75 Å². The summed E-state index contributed by atoms with van der Waals surface area (Å²) in [5, 5.41) is 8.61. The Kier molecular flexibility index (Phi) is 5.85. The normalized spacial score (nSPS) is 10.6. The first kappa shape index (κ1) is 17.2. The molecule has 128 valence electrons. The molecule has 0 aliphatic carbocycles. The summed E-state index contributed by atoms with van der Waals surface area (Å²) < 4.78 is 11.0. The summed E-state index contributed by atoms with van der Waals surface area (Å²) in [5.74, 6) is 2.02. The molecule has 0 unspecified atom stereocenters. The first-order chi connectivity index (χ1) is 12.3. The van der Waals surface area contributed by atoms with Gasteiger partial charge in [0.2, 0.25) is 0 Å². The van der Waals surface area contributed by atoms with E-state index >= 15 is 0 Å². The highest BCUT2D eigenvalue weighted by atomic mass is 32.2. The molecule has 3 aromatic rings. The van der Waals surface area contributed by atoms with Crippen LogP contribution in [0.1, 0.15) is 23.2 Å². The number of Topliss-reactive ketones (excluding diaryl/α,β-unsaturated/α-hetero) is 1. The number of aromatic nitrogens is 2. The number of carbonyl (C=O) groups excluding carboxylic acids is 1. The molecule has 3 rings (SSSR count). The minimum Gasteiger partial charge on any atom is -0.496 e. The number of thioether (sulfide) groups is 1. The molecular formula is C19H18N2O3S. The van der Waals surface area contributed by atoms with E-state index < -0.39 is 0 Å². The summed E-state index contributed by atoms with van der Waals surface area (Å²) in [6.45, 7) is 0. The first-order valence-electron chi connectivity index (χ1n) is 7.96. The van der Waals surface area contributed by atoms with Crippen molar-refractivity contribution in [2.45, 2.75) is 18.1 Å². The van der Waals surface area contributed by atoms with Crippen LogP contribution in [0.25, 0.3) is 11.5 Å². The quantitative estimate of drug-likeness (QED) is 0.337. The van der Waals surface area contributed by atoms with E-state index in [-0.39, 0.29) is 5.78 Å². The van der Waals surface area contributed by atoms with E-state index in [2.05, 4.69) is 10.2 Å². The number of methoxy groups -OCH3 is 1. The van der Waals surface area contributed by atoms with E-state index in [9.17, 15) is 4.79 Å². The van der Waals surface area contributed by atoms with Crippen LogP contribution in [0.3, 0.4) is 0 Å². The number of hydrogen-bond donors (Lipinski definition) is 0. The van der Waals surface area contributed by atoms with Crippen molar-refractivity contribution in [3.05, 3.63) is 60.2 Å². The predicted octanol–water partition coefficient (Wildman–Crippen LogP) is 4.50. The lowest BCUT2D eigenvalue weighted by molar-refractivity contribution is 0.0982. The number of benzene rings is 2. The molecule has 0 fully saturated rings. The van der Waals surface area contributed by atoms with Gasteiger partial charge >= 0.3 is 0 Å². The molecule has 0 spiro atoms. The zero-order valence-corrected chi connectivity index (χ0v) is 14.7. The van der Waals surface area contributed by atoms with Crippen molar-refractivity contribution in [1.82, 2.24) is 10.2 Å². The van der Waals surface area contributed by atoms with E-state index in [0.29, 0.717) is 23.3 Å². The van der Waals surface area contributed by atoms with Gasteiger partial charge in [0.05, 0.1) is 12.7 Å². The average molecular weight is 354 g/mol. The van der Waals surface area contributed by atoms with Crippen LogP contribution in [-0.4, -0.2) is 28.8 Å². The van der Waals surface area contributed by atoms with Crippen molar-refractivity contribution < 1.29 is 13.9 Å². The third kappa shape index (κ3) is 4.48. The van der Waals surface area contributed by atoms with Gasteiger partial charge in [0, 0.05) is 17.7 Å². The highest BCUT2D eigenvalue weighted by molar-refractivity contribution is 7.99. The Morgan fingerprint density at radius 3 is 2.64 bits per heavy atom. The van der Waals surface area contributed by atoms with Gasteiger partial charge < -0.3 is 9.15 Å². The molecule has 6 heteroatoms. The van der Waals surface area contributed by atoms with Gasteiger partial charge in [-0.1, -0.05) is 54.2 Å². The van der Waals surface area contributed by atoms with E-state index in [4.69, 9.17) is 9.15 Å². The Bertz CT molecular complexity index is 833. The summed E-state index contributed by atoms with van der Waals surface area (Å²) in [6.07, 6.45) is 1.26. The molecule has 0 radical (unpaired) electrons. The lowest BCUT2D eigenvalue weighted by Gasteiger charge is -2.03. The molecular weight excluding hydrogens is 336 g/mol. The maximum absolute atomic E-state index is 12.0. The standard InChI is InChI=1S/C19H18N2O3S/c1-23-17-12-6-5-10-15(17)18-20-21-19(24-18)25-13-7-11-16(22)14-8-3-2-4-9-14/h2-6,8-10,12H,7,11,13H2,1H3. The SMILES string of the molecule is COc1ccccc1-c1nnc(SCCCC(=O)c2ccccc2)o1. The van der Waals surface area contributed by atoms with E-state index in [1.807, 2.05) is 54.6 Å². The van der Waals surface area contributed by atoms with Crippen LogP contribution in [-0.2, 0) is 0 Å². The van der Waals surface area contributed by atoms with Crippen molar-refractivity contribution in [2.75, 3.05) is 12.9 Å². The van der Waals surface area contributed by atoms with Crippen LogP contribution < -0.4 is 4.74 Å². The lowest BCUT2D eigenvalue weighted by atomic mass is 10.1. The fraction of sp³-hybridized carbons (Fsp3) is 0.211. The minimum absolute atomic E-state index is 0.154. The summed E-state index contributed by atoms with van der Waals surface area (Å²) in [4.78, 5) is 12.0. The average Bonchev–Trinajstić information content (AvgIpc) is 3.14. The number of carbonyl (C=O) groups is 1. The molecule has 2 aromatic carbocycles. The van der Waals surface area contributed by atoms with Crippen LogP contribution in [0.4, 0.5) is 0 Å². The van der Waals surface area contributed by atoms with E-state index in [0.717, 1.165) is 23.3 Å². The molecule has 0 bridgehead atoms. The van der Waals surface area contributed by atoms with Gasteiger partial charge in [-0.3, -0.25) is 4.79 Å². The molecule has 0 amide bonds. The highest BCUT2D eigenvalue weighted by Crippen LogP contribution is 2.30. The number of rotatable bonds is 8. The van der Waals surface area contributed by atoms with Gasteiger partial charge in [-0.15, -0.1) is 10.2 Å². The van der Waals surface area contributed by atoms with Gasteiger partial charge in [0.15, 0.2) is 5.78 Å². The topological polar surface area (TPSA) is 65.2 Å². The predicted molar refractivity (Wildman–Crippen MR) is 97.0 cm³/mol. The smallest absolute Gasteiger partial charge is 0.276 e. The highest BCUT2D eigenvalue weighted by Gasteiger charge is 2.13. The minimum atomic E-state index is 0.154. The van der Waals surface area contributed by atoms with Crippen molar-refractivity contribution in [3.8, 4) is 17.2 Å². The van der Waals surface area contributed by atoms with Crippen LogP contribution in [0.2, 0.25) is 0 Å². The van der Waals surface area contributed by atoms with Crippen molar-refractivity contribution >= 4 is 17.5 Å². The zero-order chi connectivity index (χ0) is 17.5. The maximum Gasteiger partial charge on any atom is 0.276 e. The number of ketones is 1. The summed E-state index contributed by atoms with van der Waals surface area (Å²) in [5.41, 5.74) is 1.52. The van der Waals surface area contributed by atoms with Crippen LogP contribution in [0, 0.1) is 0 Å². The molecule has 5 nitrogen and oxygen atoms in total. The van der Waals surface area contributed by atoms with Gasteiger partial charge in [-0.25, -0.2) is 0 Å². The van der Waals surface area contributed by atoms with Crippen LogP contribution in [0.5, 0.6) is 5.75 Å². The monoisotopic (exact) mass is 354 g/mol. The Hall–Kier alpha value is -2.60.